The van der Waals surface area contributed by atoms with Gasteiger partial charge in [0.2, 0.25) is 5.91 Å². The van der Waals surface area contributed by atoms with Crippen LogP contribution in [0, 0.1) is 5.92 Å². The van der Waals surface area contributed by atoms with Gasteiger partial charge in [0.1, 0.15) is 17.2 Å². The van der Waals surface area contributed by atoms with Gasteiger partial charge < -0.3 is 21.5 Å². The summed E-state index contributed by atoms with van der Waals surface area (Å²) in [6.07, 6.45) is 1.91. The lowest BCUT2D eigenvalue weighted by molar-refractivity contribution is -0.135. The van der Waals surface area contributed by atoms with Gasteiger partial charge in [-0.3, -0.25) is 9.59 Å². The molecule has 0 atom stereocenters. The molecule has 1 heterocycles. The summed E-state index contributed by atoms with van der Waals surface area (Å²) in [6, 6.07) is 10.0. The number of azo groups is 1. The number of carbonyl (C=O) groups excluding carboxylic acids is 2. The summed E-state index contributed by atoms with van der Waals surface area (Å²) in [5.74, 6) is 0.245. The van der Waals surface area contributed by atoms with Gasteiger partial charge in [-0.25, -0.2) is 4.98 Å². The summed E-state index contributed by atoms with van der Waals surface area (Å²) in [6.45, 7) is 0.248. The smallest absolute Gasteiger partial charge is 0.314 e. The Kier molecular flexibility index (Phi) is 5.72. The number of anilines is 2. The first-order valence-corrected chi connectivity index (χ1v) is 8.55. The molecular formula is C18H20N6O3. The minimum Gasteiger partial charge on any atom is -0.424 e. The van der Waals surface area contributed by atoms with Crippen molar-refractivity contribution in [3.63, 3.8) is 0 Å². The number of pyridine rings is 1. The van der Waals surface area contributed by atoms with E-state index in [1.807, 2.05) is 0 Å². The SMILES string of the molecule is NCCC(=O)Nc1ccc(N=Nc2ccccc2OC(=O)C2CC2)c(N)n1. The molecule has 1 aliphatic carbocycles. The first kappa shape index (κ1) is 18.5. The van der Waals surface area contributed by atoms with Gasteiger partial charge in [-0.2, -0.15) is 0 Å². The summed E-state index contributed by atoms with van der Waals surface area (Å²) in [4.78, 5) is 27.5. The zero-order valence-corrected chi connectivity index (χ0v) is 14.6. The van der Waals surface area contributed by atoms with Crippen molar-refractivity contribution in [2.75, 3.05) is 17.6 Å². The molecule has 2 aromatic rings. The number of ether oxygens (including phenoxy) is 1. The van der Waals surface area contributed by atoms with Crippen LogP contribution in [0.4, 0.5) is 23.0 Å². The molecule has 1 aromatic heterocycles. The molecule has 3 rings (SSSR count). The monoisotopic (exact) mass is 368 g/mol. The van der Waals surface area contributed by atoms with Crippen molar-refractivity contribution in [2.24, 2.45) is 21.9 Å². The maximum Gasteiger partial charge on any atom is 0.314 e. The number of carbonyl (C=O) groups is 2. The standard InChI is InChI=1S/C18H20N6O3/c19-10-9-16(25)21-15-8-7-13(17(20)22-15)24-23-12-3-1-2-4-14(12)27-18(26)11-5-6-11/h1-4,7-8,11H,5-6,9-10,19H2,(H3,20,21,22,25). The van der Waals surface area contributed by atoms with Crippen LogP contribution < -0.4 is 21.5 Å². The Balaban J connectivity index is 1.72. The van der Waals surface area contributed by atoms with Crippen LogP contribution in [-0.4, -0.2) is 23.4 Å². The van der Waals surface area contributed by atoms with Gasteiger partial charge >= 0.3 is 5.97 Å². The van der Waals surface area contributed by atoms with Gasteiger partial charge in [0, 0.05) is 13.0 Å². The minimum absolute atomic E-state index is 0.0168. The van der Waals surface area contributed by atoms with Gasteiger partial charge in [-0.1, -0.05) is 12.1 Å². The largest absolute Gasteiger partial charge is 0.424 e. The summed E-state index contributed by atoms with van der Waals surface area (Å²) in [5, 5.41) is 10.8. The Hall–Kier alpha value is -3.33. The predicted molar refractivity (Wildman–Crippen MR) is 99.9 cm³/mol. The summed E-state index contributed by atoms with van der Waals surface area (Å²) in [5.41, 5.74) is 11.9. The highest BCUT2D eigenvalue weighted by atomic mass is 16.5. The highest BCUT2D eigenvalue weighted by molar-refractivity contribution is 5.90. The molecule has 0 saturated heterocycles. The number of rotatable bonds is 7. The molecule has 0 spiro atoms. The predicted octanol–water partition coefficient (Wildman–Crippen LogP) is 2.68. The molecule has 27 heavy (non-hydrogen) atoms. The van der Waals surface area contributed by atoms with E-state index in [-0.39, 0.29) is 36.6 Å². The quantitative estimate of drug-likeness (QED) is 0.389. The lowest BCUT2D eigenvalue weighted by Gasteiger charge is -2.06. The lowest BCUT2D eigenvalue weighted by Crippen LogP contribution is -2.17. The number of nitrogen functional groups attached to an aromatic ring is 1. The van der Waals surface area contributed by atoms with Crippen molar-refractivity contribution in [3.8, 4) is 5.75 Å². The number of esters is 1. The molecule has 1 saturated carbocycles. The number of aromatic nitrogens is 1. The van der Waals surface area contributed by atoms with E-state index in [1.165, 1.54) is 0 Å². The van der Waals surface area contributed by atoms with E-state index in [4.69, 9.17) is 16.2 Å². The van der Waals surface area contributed by atoms with Gasteiger partial charge in [0.15, 0.2) is 11.6 Å². The summed E-state index contributed by atoms with van der Waals surface area (Å²) < 4.78 is 5.38. The number of hydrogen-bond donors (Lipinski definition) is 3. The highest BCUT2D eigenvalue weighted by Crippen LogP contribution is 2.34. The molecule has 0 aliphatic heterocycles. The Labute approximate surface area is 155 Å². The van der Waals surface area contributed by atoms with Crippen LogP contribution in [0.5, 0.6) is 5.75 Å². The molecule has 0 radical (unpaired) electrons. The average molecular weight is 368 g/mol. The van der Waals surface area contributed by atoms with Crippen LogP contribution in [0.1, 0.15) is 19.3 Å². The van der Waals surface area contributed by atoms with Crippen molar-refractivity contribution in [1.82, 2.24) is 4.98 Å². The van der Waals surface area contributed by atoms with Gasteiger partial charge in [0.05, 0.1) is 5.92 Å². The molecule has 1 fully saturated rings. The second-order valence-corrected chi connectivity index (χ2v) is 6.05. The van der Waals surface area contributed by atoms with Crippen LogP contribution in [-0.2, 0) is 9.59 Å². The van der Waals surface area contributed by atoms with Crippen LogP contribution in [0.25, 0.3) is 0 Å². The van der Waals surface area contributed by atoms with E-state index >= 15 is 0 Å². The summed E-state index contributed by atoms with van der Waals surface area (Å²) in [7, 11) is 0. The Morgan fingerprint density at radius 2 is 1.89 bits per heavy atom. The number of para-hydroxylation sites is 1. The Morgan fingerprint density at radius 1 is 1.15 bits per heavy atom. The highest BCUT2D eigenvalue weighted by Gasteiger charge is 2.32. The van der Waals surface area contributed by atoms with Crippen molar-refractivity contribution in [1.29, 1.82) is 0 Å². The van der Waals surface area contributed by atoms with E-state index < -0.39 is 0 Å². The van der Waals surface area contributed by atoms with E-state index in [0.717, 1.165) is 12.8 Å². The molecule has 0 unspecified atom stereocenters. The number of benzene rings is 1. The molecule has 0 bridgehead atoms. The minimum atomic E-state index is -0.253. The molecule has 1 aromatic carbocycles. The van der Waals surface area contributed by atoms with Crippen molar-refractivity contribution >= 4 is 34.9 Å². The molecule has 140 valence electrons. The van der Waals surface area contributed by atoms with Crippen molar-refractivity contribution in [3.05, 3.63) is 36.4 Å². The molecular weight excluding hydrogens is 348 g/mol. The average Bonchev–Trinajstić information content (AvgIpc) is 3.47. The number of nitrogens with one attached hydrogen (secondary N) is 1. The molecule has 1 aliphatic rings. The third kappa shape index (κ3) is 5.08. The second-order valence-electron chi connectivity index (χ2n) is 6.05. The fourth-order valence-electron chi connectivity index (χ4n) is 2.20. The van der Waals surface area contributed by atoms with Crippen molar-refractivity contribution in [2.45, 2.75) is 19.3 Å². The number of amides is 1. The zero-order valence-electron chi connectivity index (χ0n) is 14.6. The normalized spacial score (nSPS) is 13.5. The second kappa shape index (κ2) is 8.37. The van der Waals surface area contributed by atoms with Crippen molar-refractivity contribution < 1.29 is 14.3 Å². The van der Waals surface area contributed by atoms with Gasteiger partial charge in [-0.05, 0) is 37.1 Å². The molecule has 1 amide bonds. The maximum absolute atomic E-state index is 11.9. The van der Waals surface area contributed by atoms with E-state index in [2.05, 4.69) is 20.5 Å². The maximum atomic E-state index is 11.9. The summed E-state index contributed by atoms with van der Waals surface area (Å²) >= 11 is 0. The molecule has 9 nitrogen and oxygen atoms in total. The van der Waals surface area contributed by atoms with Gasteiger partial charge in [-0.15, -0.1) is 10.2 Å². The third-order valence-electron chi connectivity index (χ3n) is 3.79. The first-order valence-electron chi connectivity index (χ1n) is 8.55. The topological polar surface area (TPSA) is 145 Å². The number of nitrogens with zero attached hydrogens (tertiary/aromatic N) is 3. The Morgan fingerprint density at radius 3 is 2.59 bits per heavy atom. The van der Waals surface area contributed by atoms with Crippen LogP contribution in [0.2, 0.25) is 0 Å². The molecule has 5 N–H and O–H groups in total. The fraction of sp³-hybridized carbons (Fsp3) is 0.278. The van der Waals surface area contributed by atoms with E-state index in [0.29, 0.717) is 22.9 Å². The van der Waals surface area contributed by atoms with Gasteiger partial charge in [0.25, 0.3) is 0 Å². The van der Waals surface area contributed by atoms with Crippen LogP contribution >= 0.6 is 0 Å². The van der Waals surface area contributed by atoms with E-state index in [1.54, 1.807) is 36.4 Å². The molecule has 9 heteroatoms. The number of nitrogens with two attached hydrogens (primary N) is 2. The Bertz CT molecular complexity index is 879. The van der Waals surface area contributed by atoms with Crippen LogP contribution in [0.3, 0.4) is 0 Å². The van der Waals surface area contributed by atoms with E-state index in [9.17, 15) is 9.59 Å². The zero-order chi connectivity index (χ0) is 19.2. The fourth-order valence-corrected chi connectivity index (χ4v) is 2.20. The lowest BCUT2D eigenvalue weighted by atomic mass is 10.3. The van der Waals surface area contributed by atoms with Crippen LogP contribution in [0.15, 0.2) is 46.6 Å². The third-order valence-corrected chi connectivity index (χ3v) is 3.79. The first-order chi connectivity index (χ1) is 13.1. The number of hydrogen-bond acceptors (Lipinski definition) is 8.